The van der Waals surface area contributed by atoms with Gasteiger partial charge in [0.05, 0.1) is 30.0 Å². The van der Waals surface area contributed by atoms with E-state index in [1.807, 2.05) is 0 Å². The SMILES string of the molecule is O=c1c2ccccc2nc(C2CCCN2Cc2noc(C3CCOCC3)n2)n1CC(F)F. The summed E-state index contributed by atoms with van der Waals surface area (Å²) < 4.78 is 38.7. The van der Waals surface area contributed by atoms with Gasteiger partial charge in [0.2, 0.25) is 5.89 Å². The highest BCUT2D eigenvalue weighted by atomic mass is 19.3. The third-order valence-electron chi connectivity index (χ3n) is 6.27. The molecule has 0 saturated carbocycles. The maximum atomic E-state index is 13.3. The minimum absolute atomic E-state index is 0.206. The van der Waals surface area contributed by atoms with Crippen molar-refractivity contribution in [2.24, 2.45) is 0 Å². The smallest absolute Gasteiger partial charge is 0.261 e. The van der Waals surface area contributed by atoms with E-state index >= 15 is 0 Å². The first-order chi connectivity index (χ1) is 15.6. The van der Waals surface area contributed by atoms with E-state index in [0.717, 1.165) is 36.8 Å². The van der Waals surface area contributed by atoms with Crippen molar-refractivity contribution >= 4 is 10.9 Å². The number of rotatable bonds is 6. The van der Waals surface area contributed by atoms with Crippen molar-refractivity contribution in [1.82, 2.24) is 24.6 Å². The minimum atomic E-state index is -2.65. The quantitative estimate of drug-likeness (QED) is 0.576. The van der Waals surface area contributed by atoms with Crippen LogP contribution in [0.25, 0.3) is 10.9 Å². The number of ether oxygens (including phenoxy) is 1. The first-order valence-corrected chi connectivity index (χ1v) is 11.0. The van der Waals surface area contributed by atoms with Gasteiger partial charge in [0, 0.05) is 19.1 Å². The zero-order valence-electron chi connectivity index (χ0n) is 17.6. The number of para-hydroxylation sites is 1. The van der Waals surface area contributed by atoms with E-state index in [2.05, 4.69) is 20.0 Å². The topological polar surface area (TPSA) is 86.3 Å². The molecule has 0 aliphatic carbocycles. The highest BCUT2D eigenvalue weighted by Crippen LogP contribution is 2.33. The Bertz CT molecular complexity index is 1140. The zero-order chi connectivity index (χ0) is 22.1. The van der Waals surface area contributed by atoms with Gasteiger partial charge in [-0.25, -0.2) is 13.8 Å². The standard InChI is InChI=1S/C22H25F2N5O3/c23-18(24)12-29-20(25-16-5-2-1-4-15(16)22(29)30)17-6-3-9-28(17)13-19-26-21(32-27-19)14-7-10-31-11-8-14/h1-2,4-5,14,17-18H,3,6-13H2. The van der Waals surface area contributed by atoms with Crippen molar-refractivity contribution in [2.45, 2.75) is 57.2 Å². The van der Waals surface area contributed by atoms with Gasteiger partial charge in [-0.15, -0.1) is 0 Å². The highest BCUT2D eigenvalue weighted by molar-refractivity contribution is 5.77. The zero-order valence-corrected chi connectivity index (χ0v) is 17.6. The number of fused-ring (bicyclic) bond motifs is 1. The molecule has 2 saturated heterocycles. The van der Waals surface area contributed by atoms with E-state index in [9.17, 15) is 13.6 Å². The summed E-state index contributed by atoms with van der Waals surface area (Å²) >= 11 is 0. The Morgan fingerprint density at radius 3 is 2.75 bits per heavy atom. The van der Waals surface area contributed by atoms with Crippen LogP contribution in [0.2, 0.25) is 0 Å². The van der Waals surface area contributed by atoms with Crippen molar-refractivity contribution in [3.05, 3.63) is 52.2 Å². The molecular formula is C22H25F2N5O3. The molecule has 170 valence electrons. The van der Waals surface area contributed by atoms with Gasteiger partial charge < -0.3 is 9.26 Å². The molecule has 5 rings (SSSR count). The van der Waals surface area contributed by atoms with Crippen molar-refractivity contribution in [2.75, 3.05) is 19.8 Å². The molecule has 3 aromatic rings. The lowest BCUT2D eigenvalue weighted by molar-refractivity contribution is 0.0778. The van der Waals surface area contributed by atoms with Gasteiger partial charge in [-0.3, -0.25) is 14.3 Å². The molecule has 2 aliphatic heterocycles. The van der Waals surface area contributed by atoms with Gasteiger partial charge in [0.15, 0.2) is 5.82 Å². The minimum Gasteiger partial charge on any atom is -0.381 e. The second-order valence-electron chi connectivity index (χ2n) is 8.36. The van der Waals surface area contributed by atoms with Crippen molar-refractivity contribution < 1.29 is 18.0 Å². The Morgan fingerprint density at radius 1 is 1.12 bits per heavy atom. The summed E-state index contributed by atoms with van der Waals surface area (Å²) in [5, 5.41) is 4.49. The summed E-state index contributed by atoms with van der Waals surface area (Å²) in [7, 11) is 0. The summed E-state index contributed by atoms with van der Waals surface area (Å²) in [4.78, 5) is 24.3. The molecule has 2 aliphatic rings. The van der Waals surface area contributed by atoms with E-state index in [1.54, 1.807) is 24.3 Å². The Hall–Kier alpha value is -2.72. The normalized spacial score (nSPS) is 20.5. The van der Waals surface area contributed by atoms with Gasteiger partial charge >= 0.3 is 0 Å². The van der Waals surface area contributed by atoms with Gasteiger partial charge in [0.25, 0.3) is 12.0 Å². The Labute approximate surface area is 183 Å². The largest absolute Gasteiger partial charge is 0.381 e. The van der Waals surface area contributed by atoms with E-state index < -0.39 is 18.5 Å². The number of alkyl halides is 2. The van der Waals surface area contributed by atoms with E-state index in [1.165, 1.54) is 0 Å². The Morgan fingerprint density at radius 2 is 1.94 bits per heavy atom. The molecule has 0 amide bonds. The maximum Gasteiger partial charge on any atom is 0.261 e. The molecule has 0 N–H and O–H groups in total. The summed E-state index contributed by atoms with van der Waals surface area (Å²) in [5.41, 5.74) is 0.0883. The molecule has 0 spiro atoms. The molecule has 1 unspecified atom stereocenters. The van der Waals surface area contributed by atoms with Crippen molar-refractivity contribution in [1.29, 1.82) is 0 Å². The van der Waals surface area contributed by atoms with Crippen LogP contribution in [0.5, 0.6) is 0 Å². The van der Waals surface area contributed by atoms with Crippen molar-refractivity contribution in [3.8, 4) is 0 Å². The lowest BCUT2D eigenvalue weighted by Gasteiger charge is -2.25. The van der Waals surface area contributed by atoms with Gasteiger partial charge in [0.1, 0.15) is 5.82 Å². The molecule has 2 fully saturated rings. The number of hydrogen-bond acceptors (Lipinski definition) is 7. The van der Waals surface area contributed by atoms with Gasteiger partial charge in [-0.05, 0) is 44.4 Å². The Kier molecular flexibility index (Phi) is 5.97. The van der Waals surface area contributed by atoms with Gasteiger partial charge in [-0.1, -0.05) is 17.3 Å². The molecule has 0 radical (unpaired) electrons. The average molecular weight is 445 g/mol. The number of benzene rings is 1. The average Bonchev–Trinajstić information content (AvgIpc) is 3.46. The van der Waals surface area contributed by atoms with Crippen LogP contribution in [-0.2, 0) is 17.8 Å². The van der Waals surface area contributed by atoms with Crippen molar-refractivity contribution in [3.63, 3.8) is 0 Å². The van der Waals surface area contributed by atoms with Crippen LogP contribution in [0.3, 0.4) is 0 Å². The molecule has 1 atom stereocenters. The summed E-state index contributed by atoms with van der Waals surface area (Å²) in [6.45, 7) is 1.85. The van der Waals surface area contributed by atoms with Crippen LogP contribution in [0.15, 0.2) is 33.6 Å². The van der Waals surface area contributed by atoms with Crippen LogP contribution in [0.4, 0.5) is 8.78 Å². The fourth-order valence-corrected chi connectivity index (χ4v) is 4.69. The van der Waals surface area contributed by atoms with Crippen LogP contribution >= 0.6 is 0 Å². The van der Waals surface area contributed by atoms with E-state index in [-0.39, 0.29) is 12.0 Å². The lowest BCUT2D eigenvalue weighted by Crippen LogP contribution is -2.33. The predicted molar refractivity (Wildman–Crippen MR) is 111 cm³/mol. The number of likely N-dealkylation sites (tertiary alicyclic amines) is 1. The van der Waals surface area contributed by atoms with Crippen LogP contribution in [-0.4, -0.2) is 50.8 Å². The first kappa shape index (κ1) is 21.1. The summed E-state index contributed by atoms with van der Waals surface area (Å²) in [6.07, 6.45) is 0.651. The molecule has 1 aromatic carbocycles. The molecular weight excluding hydrogens is 420 g/mol. The number of halogens is 2. The third kappa shape index (κ3) is 4.16. The first-order valence-electron chi connectivity index (χ1n) is 11.0. The summed E-state index contributed by atoms with van der Waals surface area (Å²) in [5.74, 6) is 1.76. The van der Waals surface area contributed by atoms with Crippen LogP contribution in [0, 0.1) is 0 Å². The monoisotopic (exact) mass is 445 g/mol. The van der Waals surface area contributed by atoms with E-state index in [4.69, 9.17) is 9.26 Å². The number of nitrogens with zero attached hydrogens (tertiary/aromatic N) is 5. The molecule has 32 heavy (non-hydrogen) atoms. The predicted octanol–water partition coefficient (Wildman–Crippen LogP) is 3.28. The lowest BCUT2D eigenvalue weighted by atomic mass is 10.0. The summed E-state index contributed by atoms with van der Waals surface area (Å²) in [6, 6.07) is 6.60. The van der Waals surface area contributed by atoms with Crippen LogP contribution < -0.4 is 5.56 Å². The second-order valence-corrected chi connectivity index (χ2v) is 8.36. The fourth-order valence-electron chi connectivity index (χ4n) is 4.69. The third-order valence-corrected chi connectivity index (χ3v) is 6.27. The molecule has 2 aromatic heterocycles. The Balaban J connectivity index is 1.44. The van der Waals surface area contributed by atoms with Crippen LogP contribution in [0.1, 0.15) is 55.2 Å². The number of hydrogen-bond donors (Lipinski definition) is 0. The maximum absolute atomic E-state index is 13.3. The van der Waals surface area contributed by atoms with Gasteiger partial charge in [-0.2, -0.15) is 4.98 Å². The molecule has 10 heteroatoms. The number of aromatic nitrogens is 4. The second kappa shape index (κ2) is 9.03. The van der Waals surface area contributed by atoms with E-state index in [0.29, 0.717) is 48.2 Å². The molecule has 0 bridgehead atoms. The fraction of sp³-hybridized carbons (Fsp3) is 0.545. The molecule has 8 nitrogen and oxygen atoms in total. The highest BCUT2D eigenvalue weighted by Gasteiger charge is 2.32. The molecule has 4 heterocycles.